The van der Waals surface area contributed by atoms with Crippen LogP contribution in [0.1, 0.15) is 100 Å². The van der Waals surface area contributed by atoms with Crippen molar-refractivity contribution < 1.29 is 32.8 Å². The fraction of sp³-hybridized carbons (Fsp3) is 0.419. The first-order valence-electron chi connectivity index (χ1n) is 20.4. The monoisotopic (exact) mass is 803 g/mol. The maximum absolute atomic E-state index is 15.0. The molecule has 6 aliphatic heterocycles. The summed E-state index contributed by atoms with van der Waals surface area (Å²) in [6.07, 6.45) is 5.35. The zero-order chi connectivity index (χ0) is 40.7. The molecule has 1 N–H and O–H groups in total. The Morgan fingerprint density at radius 3 is 2.41 bits per heavy atom. The molecule has 2 aromatic heterocycles. The van der Waals surface area contributed by atoms with Crippen molar-refractivity contribution in [1.29, 1.82) is 0 Å². The summed E-state index contributed by atoms with van der Waals surface area (Å²) in [5, 5.41) is 7.54. The van der Waals surface area contributed by atoms with Gasteiger partial charge in [0.25, 0.3) is 18.2 Å². The van der Waals surface area contributed by atoms with E-state index in [1.165, 1.54) is 0 Å². The lowest BCUT2D eigenvalue weighted by molar-refractivity contribution is -0.136. The van der Waals surface area contributed by atoms with E-state index in [0.717, 1.165) is 76.5 Å². The third-order valence-corrected chi connectivity index (χ3v) is 13.0. The van der Waals surface area contributed by atoms with E-state index in [1.807, 2.05) is 28.0 Å². The smallest absolute Gasteiger partial charge is 0.265 e. The number of fused-ring (bicyclic) bond motifs is 4. The van der Waals surface area contributed by atoms with Crippen LogP contribution < -0.4 is 20.0 Å². The number of amides is 5. The average Bonchev–Trinajstić information content (AvgIpc) is 3.92. The van der Waals surface area contributed by atoms with Crippen molar-refractivity contribution in [2.24, 2.45) is 0 Å². The van der Waals surface area contributed by atoms with Gasteiger partial charge in [-0.3, -0.25) is 43.9 Å². The maximum atomic E-state index is 15.0. The molecule has 2 saturated heterocycles. The predicted molar refractivity (Wildman–Crippen MR) is 212 cm³/mol. The Bertz CT molecular complexity index is 2460. The van der Waals surface area contributed by atoms with Crippen molar-refractivity contribution in [3.63, 3.8) is 0 Å². The summed E-state index contributed by atoms with van der Waals surface area (Å²) in [6.45, 7) is 5.02. The highest BCUT2D eigenvalue weighted by molar-refractivity contribution is 6.23. The van der Waals surface area contributed by atoms with Crippen molar-refractivity contribution in [3.05, 3.63) is 87.9 Å². The van der Waals surface area contributed by atoms with E-state index in [-0.39, 0.29) is 41.5 Å². The molecule has 0 spiro atoms. The lowest BCUT2D eigenvalue weighted by atomic mass is 9.96. The zero-order valence-electron chi connectivity index (χ0n) is 32.6. The van der Waals surface area contributed by atoms with Crippen LogP contribution in [0, 0.1) is 0 Å². The highest BCUT2D eigenvalue weighted by atomic mass is 19.3. The van der Waals surface area contributed by atoms with Crippen molar-refractivity contribution in [2.75, 3.05) is 47.4 Å². The van der Waals surface area contributed by atoms with Crippen LogP contribution in [0.3, 0.4) is 0 Å². The summed E-state index contributed by atoms with van der Waals surface area (Å²) in [4.78, 5) is 77.1. The molecule has 1 unspecified atom stereocenters. The summed E-state index contributed by atoms with van der Waals surface area (Å²) in [5.41, 5.74) is 7.44. The Balaban J connectivity index is 0.929. The fourth-order valence-electron chi connectivity index (χ4n) is 9.98. The summed E-state index contributed by atoms with van der Waals surface area (Å²) in [6, 6.07) is 9.72. The SMILES string of the molecule is CC(=O)N1CCc2c(c(N3CCCc4cc(N5CCc6ccncc65)c(C(F)F)cc43)nn2C2CCN(c3ccc4c(c3)C(=O)N(C3CCC(=O)NC3=O)C4=O)CC2)C1. The van der Waals surface area contributed by atoms with Gasteiger partial charge in [0.2, 0.25) is 17.7 Å². The van der Waals surface area contributed by atoms with Gasteiger partial charge in [0.05, 0.1) is 41.3 Å². The van der Waals surface area contributed by atoms with Crippen LogP contribution in [-0.4, -0.2) is 92.9 Å². The molecule has 0 radical (unpaired) electrons. The van der Waals surface area contributed by atoms with E-state index in [1.54, 1.807) is 37.5 Å². The Labute approximate surface area is 338 Å². The topological polar surface area (TPSA) is 144 Å². The number of pyridine rings is 1. The number of alkyl halides is 2. The molecule has 10 rings (SSSR count). The molecular formula is C43H43F2N9O5. The number of halogens is 2. The number of piperidine rings is 2. The molecule has 16 heteroatoms. The Kier molecular flexibility index (Phi) is 8.98. The first-order chi connectivity index (χ1) is 28.5. The summed E-state index contributed by atoms with van der Waals surface area (Å²) in [5.74, 6) is -1.46. The van der Waals surface area contributed by atoms with E-state index in [2.05, 4.69) is 24.8 Å². The van der Waals surface area contributed by atoms with E-state index < -0.39 is 36.1 Å². The number of hydrogen-bond acceptors (Lipinski definition) is 10. The molecule has 5 amide bonds. The van der Waals surface area contributed by atoms with Gasteiger partial charge in [-0.1, -0.05) is 0 Å². The van der Waals surface area contributed by atoms with Crippen LogP contribution in [-0.2, 0) is 40.2 Å². The van der Waals surface area contributed by atoms with Gasteiger partial charge in [0.15, 0.2) is 5.82 Å². The summed E-state index contributed by atoms with van der Waals surface area (Å²) < 4.78 is 32.1. The van der Waals surface area contributed by atoms with Crippen molar-refractivity contribution in [1.82, 2.24) is 29.9 Å². The lowest BCUT2D eigenvalue weighted by Crippen LogP contribution is -2.54. The number of imide groups is 2. The van der Waals surface area contributed by atoms with E-state index >= 15 is 8.78 Å². The average molecular weight is 804 g/mol. The lowest BCUT2D eigenvalue weighted by Gasteiger charge is -2.35. The van der Waals surface area contributed by atoms with Crippen LogP contribution in [0.15, 0.2) is 48.8 Å². The molecule has 1 atom stereocenters. The molecular weight excluding hydrogens is 761 g/mol. The van der Waals surface area contributed by atoms with Gasteiger partial charge < -0.3 is 19.6 Å². The number of carbonyl (C=O) groups excluding carboxylic acids is 5. The molecule has 8 heterocycles. The third kappa shape index (κ3) is 6.13. The fourth-order valence-corrected chi connectivity index (χ4v) is 9.98. The first-order valence-corrected chi connectivity index (χ1v) is 20.4. The summed E-state index contributed by atoms with van der Waals surface area (Å²) >= 11 is 0. The van der Waals surface area contributed by atoms with Crippen LogP contribution in [0.2, 0.25) is 0 Å². The van der Waals surface area contributed by atoms with Gasteiger partial charge in [-0.2, -0.15) is 5.10 Å². The number of nitrogens with one attached hydrogen (secondary N) is 1. The van der Waals surface area contributed by atoms with Gasteiger partial charge in [-0.15, -0.1) is 0 Å². The van der Waals surface area contributed by atoms with Gasteiger partial charge in [-0.25, -0.2) is 8.78 Å². The third-order valence-electron chi connectivity index (χ3n) is 13.0. The van der Waals surface area contributed by atoms with Crippen LogP contribution >= 0.6 is 0 Å². The van der Waals surface area contributed by atoms with Crippen molar-refractivity contribution in [2.45, 2.75) is 83.3 Å². The number of benzene rings is 2. The zero-order valence-corrected chi connectivity index (χ0v) is 32.6. The Morgan fingerprint density at radius 1 is 0.814 bits per heavy atom. The van der Waals surface area contributed by atoms with Gasteiger partial charge in [-0.05, 0) is 86.1 Å². The van der Waals surface area contributed by atoms with Crippen LogP contribution in [0.4, 0.5) is 37.3 Å². The molecule has 59 heavy (non-hydrogen) atoms. The minimum absolute atomic E-state index is 0.0264. The minimum atomic E-state index is -2.70. The largest absolute Gasteiger partial charge is 0.371 e. The van der Waals surface area contributed by atoms with Gasteiger partial charge in [0, 0.05) is 86.9 Å². The number of aryl methyl sites for hydroxylation is 1. The molecule has 4 aromatic rings. The van der Waals surface area contributed by atoms with E-state index in [0.29, 0.717) is 57.2 Å². The number of aromatic nitrogens is 3. The molecule has 0 bridgehead atoms. The van der Waals surface area contributed by atoms with Crippen LogP contribution in [0.25, 0.3) is 0 Å². The molecule has 2 fully saturated rings. The van der Waals surface area contributed by atoms with E-state index in [9.17, 15) is 24.0 Å². The quantitative estimate of drug-likeness (QED) is 0.260. The number of rotatable bonds is 6. The van der Waals surface area contributed by atoms with E-state index in [4.69, 9.17) is 5.10 Å². The number of carbonyl (C=O) groups is 5. The standard InChI is InChI=1S/C43H43F2N9O5/c1-24(55)50-17-12-33-32(23-50)40(52-14-2-3-26-19-36(31(39(44)45)21-35(26)52)51-18-9-25-8-13-46-22-37(25)51)48-54(33)27-10-15-49(16-11-27)28-4-5-29-30(20-28)43(59)53(42(29)58)34-6-7-38(56)47-41(34)57/h4-5,8,13,19-22,27,34,39H,2-3,6-7,9-12,14-18,23H2,1H3,(H,47,56,57). The maximum Gasteiger partial charge on any atom is 0.265 e. The molecule has 6 aliphatic rings. The summed E-state index contributed by atoms with van der Waals surface area (Å²) in [7, 11) is 0. The number of anilines is 5. The molecule has 14 nitrogen and oxygen atoms in total. The van der Waals surface area contributed by atoms with Gasteiger partial charge >= 0.3 is 0 Å². The Hall–Kier alpha value is -6.19. The minimum Gasteiger partial charge on any atom is -0.371 e. The highest BCUT2D eigenvalue weighted by Crippen LogP contribution is 2.46. The second kappa shape index (κ2) is 14.3. The second-order valence-corrected chi connectivity index (χ2v) is 16.3. The normalized spacial score (nSPS) is 20.6. The molecule has 0 saturated carbocycles. The molecule has 2 aromatic carbocycles. The van der Waals surface area contributed by atoms with Crippen molar-refractivity contribution >= 4 is 58.1 Å². The predicted octanol–water partition coefficient (Wildman–Crippen LogP) is 5.14. The number of hydrogen-bond donors (Lipinski definition) is 1. The second-order valence-electron chi connectivity index (χ2n) is 16.3. The Morgan fingerprint density at radius 2 is 1.63 bits per heavy atom. The van der Waals surface area contributed by atoms with Gasteiger partial charge in [0.1, 0.15) is 6.04 Å². The molecule has 0 aliphatic carbocycles. The van der Waals surface area contributed by atoms with Crippen molar-refractivity contribution in [3.8, 4) is 0 Å². The van der Waals surface area contributed by atoms with Crippen LogP contribution in [0.5, 0.6) is 0 Å². The molecule has 304 valence electrons. The number of nitrogens with zero attached hydrogens (tertiary/aromatic N) is 8. The first kappa shape index (κ1) is 37.1. The highest BCUT2D eigenvalue weighted by Gasteiger charge is 2.45.